The quantitative estimate of drug-likeness (QED) is 0.584. The molecule has 27 heavy (non-hydrogen) atoms. The molecule has 0 aromatic heterocycles. The van der Waals surface area contributed by atoms with Crippen LogP contribution in [0.2, 0.25) is 5.02 Å². The summed E-state index contributed by atoms with van der Waals surface area (Å²) in [6.45, 7) is 2.73. The fourth-order valence-electron chi connectivity index (χ4n) is 2.56. The van der Waals surface area contributed by atoms with E-state index in [2.05, 4.69) is 5.32 Å². The maximum absolute atomic E-state index is 12.1. The molecule has 1 saturated heterocycles. The van der Waals surface area contributed by atoms with Crippen LogP contribution in [0.1, 0.15) is 18.1 Å². The fourth-order valence-corrected chi connectivity index (χ4v) is 2.95. The van der Waals surface area contributed by atoms with Gasteiger partial charge in [-0.15, -0.1) is 0 Å². The summed E-state index contributed by atoms with van der Waals surface area (Å²) >= 11 is 11.3. The van der Waals surface area contributed by atoms with Gasteiger partial charge in [0.15, 0.2) is 16.6 Å². The molecule has 0 atom stereocenters. The number of nitrogens with zero attached hydrogens (tertiary/aromatic N) is 1. The van der Waals surface area contributed by atoms with Gasteiger partial charge in [-0.1, -0.05) is 35.9 Å². The SMILES string of the molecule is CCOc1cc(/C=C2\NC(=S)N(C)C2=O)ccc1OCc1ccccc1Cl. The number of hydrogen-bond acceptors (Lipinski definition) is 4. The summed E-state index contributed by atoms with van der Waals surface area (Å²) in [5.41, 5.74) is 2.12. The second-order valence-corrected chi connectivity index (χ2v) is 6.67. The average Bonchev–Trinajstić information content (AvgIpc) is 2.89. The number of likely N-dealkylation sites (N-methyl/N-ethyl adjacent to an activating group) is 1. The van der Waals surface area contributed by atoms with Crippen molar-refractivity contribution in [3.8, 4) is 11.5 Å². The molecule has 0 aliphatic carbocycles. The van der Waals surface area contributed by atoms with Crippen LogP contribution < -0.4 is 14.8 Å². The zero-order valence-corrected chi connectivity index (χ0v) is 16.6. The van der Waals surface area contributed by atoms with Gasteiger partial charge in [-0.2, -0.15) is 0 Å². The largest absolute Gasteiger partial charge is 0.490 e. The third-order valence-corrected chi connectivity index (χ3v) is 4.75. The molecule has 0 radical (unpaired) electrons. The number of benzene rings is 2. The molecule has 0 saturated carbocycles. The maximum atomic E-state index is 12.1. The van der Waals surface area contributed by atoms with Crippen molar-refractivity contribution in [2.75, 3.05) is 13.7 Å². The highest BCUT2D eigenvalue weighted by molar-refractivity contribution is 7.80. The zero-order chi connectivity index (χ0) is 19.4. The standard InChI is InChI=1S/C20H19ClN2O3S/c1-3-25-18-11-13(10-16-19(24)23(2)20(27)22-16)8-9-17(18)26-12-14-6-4-5-7-15(14)21/h4-11H,3,12H2,1-2H3,(H,22,27)/b16-10-. The van der Waals surface area contributed by atoms with E-state index >= 15 is 0 Å². The lowest BCUT2D eigenvalue weighted by molar-refractivity contribution is -0.121. The number of nitrogens with one attached hydrogen (secondary N) is 1. The number of carbonyl (C=O) groups is 1. The van der Waals surface area contributed by atoms with Crippen LogP contribution in [-0.4, -0.2) is 29.6 Å². The molecule has 3 rings (SSSR count). The number of hydrogen-bond donors (Lipinski definition) is 1. The third kappa shape index (κ3) is 4.40. The van der Waals surface area contributed by atoms with E-state index in [0.717, 1.165) is 11.1 Å². The Morgan fingerprint density at radius 2 is 1.96 bits per heavy atom. The van der Waals surface area contributed by atoms with Gasteiger partial charge in [-0.25, -0.2) is 0 Å². The summed E-state index contributed by atoms with van der Waals surface area (Å²) in [5.74, 6) is 1.04. The summed E-state index contributed by atoms with van der Waals surface area (Å²) in [4.78, 5) is 13.5. The van der Waals surface area contributed by atoms with Gasteiger partial charge < -0.3 is 14.8 Å². The van der Waals surface area contributed by atoms with Crippen LogP contribution in [0.25, 0.3) is 6.08 Å². The van der Waals surface area contributed by atoms with Crippen molar-refractivity contribution in [2.45, 2.75) is 13.5 Å². The van der Waals surface area contributed by atoms with E-state index in [-0.39, 0.29) is 5.91 Å². The number of halogens is 1. The van der Waals surface area contributed by atoms with Crippen LogP contribution in [-0.2, 0) is 11.4 Å². The van der Waals surface area contributed by atoms with Crippen molar-refractivity contribution in [3.63, 3.8) is 0 Å². The molecular formula is C20H19ClN2O3S. The van der Waals surface area contributed by atoms with Crippen LogP contribution in [0.5, 0.6) is 11.5 Å². The van der Waals surface area contributed by atoms with Crippen LogP contribution in [0.3, 0.4) is 0 Å². The van der Waals surface area contributed by atoms with E-state index in [1.54, 1.807) is 13.1 Å². The molecule has 7 heteroatoms. The minimum Gasteiger partial charge on any atom is -0.490 e. The van der Waals surface area contributed by atoms with Crippen molar-refractivity contribution in [1.29, 1.82) is 0 Å². The van der Waals surface area contributed by atoms with Crippen LogP contribution >= 0.6 is 23.8 Å². The predicted molar refractivity (Wildman–Crippen MR) is 110 cm³/mol. The summed E-state index contributed by atoms with van der Waals surface area (Å²) in [5, 5.41) is 3.94. The monoisotopic (exact) mass is 402 g/mol. The van der Waals surface area contributed by atoms with Gasteiger partial charge in [-0.3, -0.25) is 9.69 Å². The molecule has 1 aliphatic rings. The smallest absolute Gasteiger partial charge is 0.276 e. The number of ether oxygens (including phenoxy) is 2. The lowest BCUT2D eigenvalue weighted by Crippen LogP contribution is -2.25. The second-order valence-electron chi connectivity index (χ2n) is 5.87. The molecule has 140 valence electrons. The highest BCUT2D eigenvalue weighted by atomic mass is 35.5. The lowest BCUT2D eigenvalue weighted by atomic mass is 10.1. The third-order valence-electron chi connectivity index (χ3n) is 4.00. The minimum atomic E-state index is -0.169. The van der Waals surface area contributed by atoms with E-state index in [1.807, 2.05) is 49.4 Å². The first-order valence-electron chi connectivity index (χ1n) is 8.43. The van der Waals surface area contributed by atoms with Crippen molar-refractivity contribution in [1.82, 2.24) is 10.2 Å². The number of carbonyl (C=O) groups excluding carboxylic acids is 1. The first-order valence-corrected chi connectivity index (χ1v) is 9.22. The molecule has 1 aliphatic heterocycles. The Kier molecular flexibility index (Phi) is 5.98. The second kappa shape index (κ2) is 8.41. The lowest BCUT2D eigenvalue weighted by Gasteiger charge is -2.13. The minimum absolute atomic E-state index is 0.169. The van der Waals surface area contributed by atoms with Crippen LogP contribution in [0.15, 0.2) is 48.2 Å². The van der Waals surface area contributed by atoms with Crippen molar-refractivity contribution >= 4 is 40.9 Å². The van der Waals surface area contributed by atoms with Crippen molar-refractivity contribution < 1.29 is 14.3 Å². The first-order chi connectivity index (χ1) is 13.0. The van der Waals surface area contributed by atoms with Gasteiger partial charge in [0.25, 0.3) is 5.91 Å². The van der Waals surface area contributed by atoms with E-state index < -0.39 is 0 Å². The van der Waals surface area contributed by atoms with Gasteiger partial charge in [-0.05, 0) is 49.0 Å². The van der Waals surface area contributed by atoms with Crippen LogP contribution in [0.4, 0.5) is 0 Å². The number of thiocarbonyl (C=S) groups is 1. The molecular weight excluding hydrogens is 384 g/mol. The number of amides is 1. The Labute approximate surface area is 168 Å². The Balaban J connectivity index is 1.81. The van der Waals surface area contributed by atoms with Gasteiger partial charge in [0.1, 0.15) is 12.3 Å². The zero-order valence-electron chi connectivity index (χ0n) is 15.0. The fraction of sp³-hybridized carbons (Fsp3) is 0.200. The predicted octanol–water partition coefficient (Wildman–Crippen LogP) is 4.01. The summed E-state index contributed by atoms with van der Waals surface area (Å²) < 4.78 is 11.6. The maximum Gasteiger partial charge on any atom is 0.276 e. The van der Waals surface area contributed by atoms with Crippen LogP contribution in [0, 0.1) is 0 Å². The highest BCUT2D eigenvalue weighted by Gasteiger charge is 2.27. The summed E-state index contributed by atoms with van der Waals surface area (Å²) in [7, 11) is 1.63. The normalized spacial score (nSPS) is 15.2. The van der Waals surface area contributed by atoms with Gasteiger partial charge in [0.05, 0.1) is 6.61 Å². The van der Waals surface area contributed by atoms with E-state index in [1.165, 1.54) is 4.90 Å². The Morgan fingerprint density at radius 3 is 2.63 bits per heavy atom. The Morgan fingerprint density at radius 1 is 1.19 bits per heavy atom. The summed E-state index contributed by atoms with van der Waals surface area (Å²) in [6.07, 6.45) is 1.73. The van der Waals surface area contributed by atoms with Gasteiger partial charge in [0, 0.05) is 17.6 Å². The molecule has 2 aromatic rings. The Hall–Kier alpha value is -2.57. The van der Waals surface area contributed by atoms with E-state index in [9.17, 15) is 4.79 Å². The summed E-state index contributed by atoms with van der Waals surface area (Å²) in [6, 6.07) is 13.0. The molecule has 0 unspecified atom stereocenters. The van der Waals surface area contributed by atoms with E-state index in [0.29, 0.717) is 40.5 Å². The molecule has 1 heterocycles. The molecule has 2 aromatic carbocycles. The average molecular weight is 403 g/mol. The molecule has 1 N–H and O–H groups in total. The number of rotatable bonds is 6. The van der Waals surface area contributed by atoms with Gasteiger partial charge >= 0.3 is 0 Å². The first kappa shape index (κ1) is 19.2. The molecule has 0 bridgehead atoms. The van der Waals surface area contributed by atoms with Gasteiger partial charge in [0.2, 0.25) is 0 Å². The topological polar surface area (TPSA) is 50.8 Å². The van der Waals surface area contributed by atoms with Crippen molar-refractivity contribution in [2.24, 2.45) is 0 Å². The highest BCUT2D eigenvalue weighted by Crippen LogP contribution is 2.31. The van der Waals surface area contributed by atoms with Crippen molar-refractivity contribution in [3.05, 3.63) is 64.3 Å². The van der Waals surface area contributed by atoms with E-state index in [4.69, 9.17) is 33.3 Å². The Bertz CT molecular complexity index is 914. The molecule has 1 amide bonds. The molecule has 1 fully saturated rings. The molecule has 0 spiro atoms. The molecule has 5 nitrogen and oxygen atoms in total.